The first-order valence-electron chi connectivity index (χ1n) is 22.1. The second kappa shape index (κ2) is 23.3. The highest BCUT2D eigenvalue weighted by molar-refractivity contribution is 6.33. The molecule has 8 rings (SSSR count). The normalized spacial score (nSPS) is 12.1. The van der Waals surface area contributed by atoms with E-state index in [2.05, 4.69) is 75.5 Å². The fraction of sp³-hybridized carbons (Fsp3) is 0.362. The zero-order chi connectivity index (χ0) is 51.9. The Morgan fingerprint density at radius 2 is 1.12 bits per heavy atom. The molecule has 0 saturated heterocycles. The Hall–Kier alpha value is -7.27. The van der Waals surface area contributed by atoms with Crippen LogP contribution in [0.2, 0.25) is 10.0 Å². The van der Waals surface area contributed by atoms with Crippen molar-refractivity contribution in [3.05, 3.63) is 117 Å². The number of carboxylic acid groups (broad SMARTS) is 1. The number of Topliss-reactive ketones (excluding diaryl/α,β-unsaturated/α-hetero) is 1. The predicted molar refractivity (Wildman–Crippen MR) is 273 cm³/mol. The van der Waals surface area contributed by atoms with Gasteiger partial charge in [0.15, 0.2) is 23.3 Å². The third kappa shape index (κ3) is 14.0. The molecule has 2 atom stereocenters. The summed E-state index contributed by atoms with van der Waals surface area (Å²) in [5, 5.41) is 31.6. The molecule has 0 bridgehead atoms. The molecule has 25 heteroatoms. The van der Waals surface area contributed by atoms with E-state index in [4.69, 9.17) is 38.6 Å². The number of nitrogens with one attached hydrogen (secondary N) is 2. The van der Waals surface area contributed by atoms with Gasteiger partial charge in [0.1, 0.15) is 12.7 Å². The van der Waals surface area contributed by atoms with Gasteiger partial charge in [0, 0.05) is 71.0 Å². The van der Waals surface area contributed by atoms with Gasteiger partial charge < -0.3 is 30.5 Å². The summed E-state index contributed by atoms with van der Waals surface area (Å²) < 4.78 is 13.1. The number of aromatic carboxylic acids is 1. The number of ketones is 1. The molecule has 0 unspecified atom stereocenters. The number of carbonyl (C=O) groups is 2. The van der Waals surface area contributed by atoms with Crippen LogP contribution in [0.4, 0.5) is 23.3 Å². The van der Waals surface area contributed by atoms with Crippen molar-refractivity contribution < 1.29 is 23.7 Å². The van der Waals surface area contributed by atoms with Crippen molar-refractivity contribution in [2.24, 2.45) is 19.8 Å². The summed E-state index contributed by atoms with van der Waals surface area (Å²) in [7, 11) is 3.67. The molecule has 0 fully saturated rings. The molecule has 5 N–H and O–H groups in total. The number of aromatic nitrogens is 14. The largest absolute Gasteiger partial charge is 0.474 e. The van der Waals surface area contributed by atoms with E-state index in [0.717, 1.165) is 44.8 Å². The summed E-state index contributed by atoms with van der Waals surface area (Å²) in [5.74, 6) is 0.865. The van der Waals surface area contributed by atoms with Crippen LogP contribution in [0.5, 0.6) is 0 Å². The topological polar surface area (TPSA) is 295 Å². The minimum Gasteiger partial charge on any atom is -0.474 e. The van der Waals surface area contributed by atoms with Crippen molar-refractivity contribution >= 4 is 70.6 Å². The highest BCUT2D eigenvalue weighted by atomic mass is 35.5. The standard InChI is InChI=1S/C24H27ClN8O2.C16H18ClN7.C7H10N2O3.ClH/c1-13(9-18(34)21-31-22(32-35-21)24(3,4)5)16-7-8-17(14(2)19(16)25)20-26-12-27-23(30-20)29-15-10-28-33(6)11-15;1-9-12(4-5-13(10(2)18)14(9)17)15-19-8-20-16(23-15)22-11-6-21-24(3)7-11;1-7(2,3)6-8-4(5(10)11)12-9-6;/h7-8,10-13H,9H2,1-6H3,(H,26,27,29,30);4-8,10H,18H2,1-3H3,(H,19,20,22,23);1-3H3,(H,10,11);1H/t13-;10-;;/m01../s1. The van der Waals surface area contributed by atoms with Crippen molar-refractivity contribution in [3.8, 4) is 22.8 Å². The summed E-state index contributed by atoms with van der Waals surface area (Å²) >= 11 is 13.2. The number of carbonyl (C=O) groups excluding carboxylic acids is 1. The molecule has 6 heterocycles. The van der Waals surface area contributed by atoms with E-state index in [1.54, 1.807) is 21.8 Å². The zero-order valence-electron chi connectivity index (χ0n) is 41.7. The molecule has 0 radical (unpaired) electrons. The van der Waals surface area contributed by atoms with Gasteiger partial charge in [-0.2, -0.15) is 30.1 Å². The van der Waals surface area contributed by atoms with Gasteiger partial charge in [-0.1, -0.05) is 106 Å². The third-order valence-electron chi connectivity index (χ3n) is 10.5. The second-order valence-electron chi connectivity index (χ2n) is 18.6. The average molecular weight is 1050 g/mol. The number of hydrogen-bond donors (Lipinski definition) is 4. The van der Waals surface area contributed by atoms with Crippen LogP contribution in [0.25, 0.3) is 22.8 Å². The van der Waals surface area contributed by atoms with E-state index in [0.29, 0.717) is 45.2 Å². The molecule has 0 aliphatic carbocycles. The molecular formula is C47H56Cl3N17O5. The van der Waals surface area contributed by atoms with Gasteiger partial charge in [0.25, 0.3) is 5.89 Å². The van der Waals surface area contributed by atoms with E-state index in [1.807, 2.05) is 120 Å². The molecule has 2 aromatic carbocycles. The van der Waals surface area contributed by atoms with E-state index in [1.165, 1.54) is 12.7 Å². The van der Waals surface area contributed by atoms with Gasteiger partial charge in [-0.3, -0.25) is 14.2 Å². The van der Waals surface area contributed by atoms with Gasteiger partial charge in [-0.25, -0.2) is 24.7 Å². The highest BCUT2D eigenvalue weighted by Crippen LogP contribution is 2.36. The number of halogens is 3. The fourth-order valence-electron chi connectivity index (χ4n) is 6.56. The maximum absolute atomic E-state index is 12.8. The molecule has 8 aromatic rings. The number of benzene rings is 2. The Morgan fingerprint density at radius 1 is 0.694 bits per heavy atom. The van der Waals surface area contributed by atoms with Crippen molar-refractivity contribution in [2.75, 3.05) is 10.6 Å². The minimum atomic E-state index is -1.20. The lowest BCUT2D eigenvalue weighted by molar-refractivity contribution is 0.0643. The van der Waals surface area contributed by atoms with Crippen LogP contribution >= 0.6 is 35.6 Å². The number of nitrogens with two attached hydrogens (primary N) is 1. The molecule has 0 aliphatic heterocycles. The molecule has 0 saturated carbocycles. The minimum absolute atomic E-state index is 0. The molecule has 6 aromatic heterocycles. The van der Waals surface area contributed by atoms with Crippen LogP contribution < -0.4 is 16.4 Å². The molecule has 72 heavy (non-hydrogen) atoms. The van der Waals surface area contributed by atoms with Gasteiger partial charge in [-0.15, -0.1) is 12.4 Å². The van der Waals surface area contributed by atoms with Crippen LogP contribution in [0.3, 0.4) is 0 Å². The Bertz CT molecular complexity index is 3150. The summed E-state index contributed by atoms with van der Waals surface area (Å²) in [5.41, 5.74) is 12.0. The number of anilines is 4. The van der Waals surface area contributed by atoms with Crippen LogP contribution in [0.1, 0.15) is 129 Å². The van der Waals surface area contributed by atoms with Gasteiger partial charge in [-0.05, 0) is 48.9 Å². The van der Waals surface area contributed by atoms with E-state index >= 15 is 0 Å². The Labute approximate surface area is 431 Å². The van der Waals surface area contributed by atoms with E-state index in [9.17, 15) is 9.59 Å². The first kappa shape index (κ1) is 55.7. The molecule has 0 spiro atoms. The van der Waals surface area contributed by atoms with Crippen molar-refractivity contribution in [2.45, 2.75) is 98.4 Å². The van der Waals surface area contributed by atoms with Crippen molar-refractivity contribution in [1.29, 1.82) is 0 Å². The Kier molecular flexibility index (Phi) is 18.0. The van der Waals surface area contributed by atoms with Gasteiger partial charge in [0.05, 0.1) is 23.8 Å². The molecular weight excluding hydrogens is 989 g/mol. The lowest BCUT2D eigenvalue weighted by Crippen LogP contribution is -2.14. The van der Waals surface area contributed by atoms with Crippen LogP contribution in [0, 0.1) is 13.8 Å². The summed E-state index contributed by atoms with van der Waals surface area (Å²) in [6.07, 6.45) is 10.1. The SMILES string of the molecule is CC(C)(C)c1noc(C(=O)O)n1.Cc1c(-c2ncnc(Nc3cnn(C)c3)n2)ccc([C@@H](C)CC(=O)c2nc(C(C)(C)C)no2)c1Cl.Cc1c(-c2ncnc(Nc3cnn(C)c3)n2)ccc([C@@H](C)N)c1Cl.Cl. The second-order valence-corrected chi connectivity index (χ2v) is 19.3. The quantitative estimate of drug-likeness (QED) is 0.0828. The summed E-state index contributed by atoms with van der Waals surface area (Å²) in [6, 6.07) is 7.52. The third-order valence-corrected chi connectivity index (χ3v) is 11.5. The monoisotopic (exact) mass is 1040 g/mol. The molecule has 0 aliphatic rings. The fourth-order valence-corrected chi connectivity index (χ4v) is 7.25. The summed E-state index contributed by atoms with van der Waals surface area (Å²) in [4.78, 5) is 57.0. The first-order chi connectivity index (χ1) is 33.4. The number of hydrogen-bond acceptors (Lipinski definition) is 19. The number of aryl methyl sites for hydroxylation is 2. The van der Waals surface area contributed by atoms with Gasteiger partial charge >= 0.3 is 11.9 Å². The van der Waals surface area contributed by atoms with Crippen LogP contribution in [-0.2, 0) is 24.9 Å². The molecule has 380 valence electrons. The highest BCUT2D eigenvalue weighted by Gasteiger charge is 2.27. The van der Waals surface area contributed by atoms with Crippen molar-refractivity contribution in [1.82, 2.24) is 69.7 Å². The molecule has 0 amide bonds. The van der Waals surface area contributed by atoms with E-state index in [-0.39, 0.29) is 59.2 Å². The zero-order valence-corrected chi connectivity index (χ0v) is 44.0. The van der Waals surface area contributed by atoms with Crippen molar-refractivity contribution in [3.63, 3.8) is 0 Å². The predicted octanol–water partition coefficient (Wildman–Crippen LogP) is 9.52. The Morgan fingerprint density at radius 3 is 1.51 bits per heavy atom. The number of rotatable bonds is 12. The smallest absolute Gasteiger partial charge is 0.394 e. The summed E-state index contributed by atoms with van der Waals surface area (Å²) in [6.45, 7) is 19.2. The number of carboxylic acids is 1. The van der Waals surface area contributed by atoms with Crippen LogP contribution in [-0.4, -0.2) is 86.6 Å². The number of nitrogens with zero attached hydrogens (tertiary/aromatic N) is 14. The maximum atomic E-state index is 12.8. The van der Waals surface area contributed by atoms with E-state index < -0.39 is 5.97 Å². The lowest BCUT2D eigenvalue weighted by atomic mass is 9.92. The van der Waals surface area contributed by atoms with Crippen LogP contribution in [0.15, 0.2) is 70.8 Å². The molecule has 22 nitrogen and oxygen atoms in total. The lowest BCUT2D eigenvalue weighted by Gasteiger charge is -2.16. The Balaban J connectivity index is 0.000000224. The first-order valence-corrected chi connectivity index (χ1v) is 22.8. The average Bonchev–Trinajstić information content (AvgIpc) is 4.15. The van der Waals surface area contributed by atoms with Gasteiger partial charge in [0.2, 0.25) is 17.7 Å². The maximum Gasteiger partial charge on any atom is 0.394 e.